The van der Waals surface area contributed by atoms with E-state index < -0.39 is 6.10 Å². The molecular formula is C22H27NO4. The van der Waals surface area contributed by atoms with Gasteiger partial charge in [-0.3, -0.25) is 4.90 Å². The van der Waals surface area contributed by atoms with Crippen LogP contribution in [0.5, 0.6) is 11.5 Å². The molecule has 144 valence electrons. The normalized spacial score (nSPS) is 13.7. The van der Waals surface area contributed by atoms with Crippen molar-refractivity contribution in [1.29, 1.82) is 0 Å². The van der Waals surface area contributed by atoms with Gasteiger partial charge < -0.3 is 19.3 Å². The Labute approximate surface area is 160 Å². The molecule has 0 fully saturated rings. The van der Waals surface area contributed by atoms with Crippen molar-refractivity contribution >= 4 is 0 Å². The van der Waals surface area contributed by atoms with Gasteiger partial charge in [0.25, 0.3) is 0 Å². The van der Waals surface area contributed by atoms with E-state index in [4.69, 9.17) is 14.2 Å². The highest BCUT2D eigenvalue weighted by atomic mass is 16.7. The van der Waals surface area contributed by atoms with Crippen molar-refractivity contribution in [3.63, 3.8) is 0 Å². The predicted molar refractivity (Wildman–Crippen MR) is 105 cm³/mol. The maximum absolute atomic E-state index is 10.4. The van der Waals surface area contributed by atoms with Crippen LogP contribution in [0.25, 0.3) is 0 Å². The first kappa shape index (κ1) is 19.4. The molecule has 0 unspecified atom stereocenters. The first-order chi connectivity index (χ1) is 13.1. The second-order valence-corrected chi connectivity index (χ2v) is 6.82. The van der Waals surface area contributed by atoms with Crippen molar-refractivity contribution in [2.45, 2.75) is 26.1 Å². The van der Waals surface area contributed by atoms with E-state index in [1.54, 1.807) is 6.08 Å². The molecule has 2 aromatic carbocycles. The van der Waals surface area contributed by atoms with Crippen molar-refractivity contribution in [3.05, 3.63) is 71.8 Å². The summed E-state index contributed by atoms with van der Waals surface area (Å²) in [6.45, 7) is 8.66. The number of ether oxygens (including phenoxy) is 3. The number of fused-ring (bicyclic) bond motifs is 1. The molecule has 0 saturated heterocycles. The zero-order chi connectivity index (χ0) is 19.1. The lowest BCUT2D eigenvalue weighted by molar-refractivity contribution is 0.0228. The predicted octanol–water partition coefficient (Wildman–Crippen LogP) is 3.29. The minimum atomic E-state index is -0.565. The third-order valence-corrected chi connectivity index (χ3v) is 4.38. The van der Waals surface area contributed by atoms with Gasteiger partial charge in [0, 0.05) is 19.6 Å². The molecule has 5 nitrogen and oxygen atoms in total. The molecule has 1 atom stereocenters. The molecule has 27 heavy (non-hydrogen) atoms. The molecule has 0 aliphatic carbocycles. The standard InChI is InChI=1S/C22H27NO4/c1-3-10-25-15-20(24)14-23(12-18-6-4-17(2)5-7-18)13-19-8-9-21-22(11-19)27-16-26-21/h3-9,11,20,24H,1,10,12-16H2,2H3/t20-/m0/s1. The number of nitrogens with zero attached hydrogens (tertiary/aromatic N) is 1. The van der Waals surface area contributed by atoms with Crippen LogP contribution in [0.15, 0.2) is 55.1 Å². The van der Waals surface area contributed by atoms with E-state index in [0.717, 1.165) is 23.6 Å². The van der Waals surface area contributed by atoms with Crippen LogP contribution in [0.2, 0.25) is 0 Å². The number of aliphatic hydroxyl groups is 1. The van der Waals surface area contributed by atoms with Crippen LogP contribution in [-0.4, -0.2) is 42.7 Å². The van der Waals surface area contributed by atoms with E-state index >= 15 is 0 Å². The van der Waals surface area contributed by atoms with Crippen LogP contribution in [0.1, 0.15) is 16.7 Å². The molecule has 0 saturated carbocycles. The van der Waals surface area contributed by atoms with Gasteiger partial charge in [-0.2, -0.15) is 0 Å². The number of hydrogen-bond donors (Lipinski definition) is 1. The van der Waals surface area contributed by atoms with Gasteiger partial charge >= 0.3 is 0 Å². The largest absolute Gasteiger partial charge is 0.454 e. The van der Waals surface area contributed by atoms with E-state index in [-0.39, 0.29) is 13.4 Å². The molecule has 3 rings (SSSR count). The Morgan fingerprint density at radius 3 is 2.59 bits per heavy atom. The third-order valence-electron chi connectivity index (χ3n) is 4.38. The lowest BCUT2D eigenvalue weighted by atomic mass is 10.1. The van der Waals surface area contributed by atoms with Gasteiger partial charge in [0.1, 0.15) is 0 Å². The van der Waals surface area contributed by atoms with Gasteiger partial charge in [0.15, 0.2) is 11.5 Å². The van der Waals surface area contributed by atoms with Crippen LogP contribution >= 0.6 is 0 Å². The van der Waals surface area contributed by atoms with Gasteiger partial charge in [-0.25, -0.2) is 0 Å². The van der Waals surface area contributed by atoms with Crippen molar-refractivity contribution in [3.8, 4) is 11.5 Å². The Morgan fingerprint density at radius 1 is 1.11 bits per heavy atom. The number of hydrogen-bond acceptors (Lipinski definition) is 5. The molecule has 1 aliphatic rings. The Balaban J connectivity index is 1.68. The summed E-state index contributed by atoms with van der Waals surface area (Å²) in [7, 11) is 0. The molecular weight excluding hydrogens is 342 g/mol. The highest BCUT2D eigenvalue weighted by Gasteiger charge is 2.17. The van der Waals surface area contributed by atoms with Crippen LogP contribution in [0, 0.1) is 6.92 Å². The summed E-state index contributed by atoms with van der Waals surface area (Å²) < 4.78 is 16.3. The highest BCUT2D eigenvalue weighted by molar-refractivity contribution is 5.44. The lowest BCUT2D eigenvalue weighted by Crippen LogP contribution is -2.34. The van der Waals surface area contributed by atoms with Gasteiger partial charge in [0.05, 0.1) is 19.3 Å². The topological polar surface area (TPSA) is 51.2 Å². The number of rotatable bonds is 10. The Morgan fingerprint density at radius 2 is 1.81 bits per heavy atom. The van der Waals surface area contributed by atoms with E-state index in [1.807, 2.05) is 18.2 Å². The summed E-state index contributed by atoms with van der Waals surface area (Å²) >= 11 is 0. The number of aryl methyl sites for hydroxylation is 1. The smallest absolute Gasteiger partial charge is 0.231 e. The molecule has 1 N–H and O–H groups in total. The van der Waals surface area contributed by atoms with Crippen molar-refractivity contribution in [2.24, 2.45) is 0 Å². The molecule has 2 aromatic rings. The Hall–Kier alpha value is -2.34. The molecule has 0 radical (unpaired) electrons. The highest BCUT2D eigenvalue weighted by Crippen LogP contribution is 2.32. The van der Waals surface area contributed by atoms with Gasteiger partial charge in [-0.15, -0.1) is 6.58 Å². The minimum absolute atomic E-state index is 0.269. The molecule has 0 aromatic heterocycles. The second-order valence-electron chi connectivity index (χ2n) is 6.82. The quantitative estimate of drug-likeness (QED) is 0.514. The van der Waals surface area contributed by atoms with Crippen molar-refractivity contribution in [2.75, 3.05) is 26.6 Å². The van der Waals surface area contributed by atoms with E-state index in [1.165, 1.54) is 11.1 Å². The zero-order valence-corrected chi connectivity index (χ0v) is 15.8. The Kier molecular flexibility index (Phi) is 6.87. The average Bonchev–Trinajstić information content (AvgIpc) is 3.11. The van der Waals surface area contributed by atoms with Gasteiger partial charge in [-0.1, -0.05) is 42.0 Å². The molecule has 1 heterocycles. The summed E-state index contributed by atoms with van der Waals surface area (Å²) in [5.41, 5.74) is 3.56. The molecule has 0 spiro atoms. The van der Waals surface area contributed by atoms with Crippen LogP contribution in [0.3, 0.4) is 0 Å². The van der Waals surface area contributed by atoms with E-state index in [2.05, 4.69) is 42.7 Å². The summed E-state index contributed by atoms with van der Waals surface area (Å²) in [6.07, 6.45) is 1.12. The molecule has 0 amide bonds. The zero-order valence-electron chi connectivity index (χ0n) is 15.8. The maximum atomic E-state index is 10.4. The van der Waals surface area contributed by atoms with Gasteiger partial charge in [-0.05, 0) is 30.2 Å². The molecule has 0 bridgehead atoms. The first-order valence-electron chi connectivity index (χ1n) is 9.17. The molecule has 1 aliphatic heterocycles. The lowest BCUT2D eigenvalue weighted by Gasteiger charge is -2.25. The molecule has 5 heteroatoms. The Bertz CT molecular complexity index is 744. The van der Waals surface area contributed by atoms with Crippen LogP contribution in [0.4, 0.5) is 0 Å². The summed E-state index contributed by atoms with van der Waals surface area (Å²) in [5.74, 6) is 1.55. The first-order valence-corrected chi connectivity index (χ1v) is 9.17. The number of aliphatic hydroxyl groups excluding tert-OH is 1. The van der Waals surface area contributed by atoms with Crippen LogP contribution in [-0.2, 0) is 17.8 Å². The summed E-state index contributed by atoms with van der Waals surface area (Å²) in [6, 6.07) is 14.5. The fourth-order valence-corrected chi connectivity index (χ4v) is 3.07. The van der Waals surface area contributed by atoms with Crippen molar-refractivity contribution in [1.82, 2.24) is 4.90 Å². The van der Waals surface area contributed by atoms with Crippen molar-refractivity contribution < 1.29 is 19.3 Å². The third kappa shape index (κ3) is 5.82. The average molecular weight is 369 g/mol. The summed E-state index contributed by atoms with van der Waals surface area (Å²) in [5, 5.41) is 10.4. The monoisotopic (exact) mass is 369 g/mol. The number of benzene rings is 2. The van der Waals surface area contributed by atoms with Crippen LogP contribution < -0.4 is 9.47 Å². The fourth-order valence-electron chi connectivity index (χ4n) is 3.07. The van der Waals surface area contributed by atoms with E-state index in [9.17, 15) is 5.11 Å². The fraction of sp³-hybridized carbons (Fsp3) is 0.364. The van der Waals surface area contributed by atoms with Gasteiger partial charge in [0.2, 0.25) is 6.79 Å². The summed E-state index contributed by atoms with van der Waals surface area (Å²) in [4.78, 5) is 2.21. The van der Waals surface area contributed by atoms with E-state index in [0.29, 0.717) is 19.7 Å². The maximum Gasteiger partial charge on any atom is 0.231 e. The second kappa shape index (κ2) is 9.55. The SMILES string of the molecule is C=CCOC[C@@H](O)CN(Cc1ccc(C)cc1)Cc1ccc2c(c1)OCO2. The minimum Gasteiger partial charge on any atom is -0.454 e.